The molecular formula is C13H14ClNO. The summed E-state index contributed by atoms with van der Waals surface area (Å²) in [6.07, 6.45) is 3.13. The van der Waals surface area contributed by atoms with Gasteiger partial charge in [0.15, 0.2) is 0 Å². The number of hydrogen-bond acceptors (Lipinski definition) is 1. The number of carbonyl (C=O) groups is 1. The Labute approximate surface area is 100 Å². The monoisotopic (exact) mass is 235 g/mol. The molecule has 0 aromatic heterocycles. The van der Waals surface area contributed by atoms with Crippen molar-refractivity contribution in [2.45, 2.75) is 25.8 Å². The third-order valence-corrected chi connectivity index (χ3v) is 3.65. The summed E-state index contributed by atoms with van der Waals surface area (Å²) in [5.41, 5.74) is 2.55. The van der Waals surface area contributed by atoms with Gasteiger partial charge >= 0.3 is 0 Å². The quantitative estimate of drug-likeness (QED) is 0.733. The SMILES string of the molecule is O=C(C1CC1)N1CCc2ccc(Cl)cc2C1. The van der Waals surface area contributed by atoms with Crippen LogP contribution in [0.15, 0.2) is 18.2 Å². The Bertz CT molecular complexity index is 440. The van der Waals surface area contributed by atoms with Gasteiger partial charge in [0.1, 0.15) is 0 Å². The fourth-order valence-electron chi connectivity index (χ4n) is 2.30. The summed E-state index contributed by atoms with van der Waals surface area (Å²) in [6.45, 7) is 1.61. The number of amides is 1. The normalized spacial score (nSPS) is 19.4. The van der Waals surface area contributed by atoms with Gasteiger partial charge in [-0.25, -0.2) is 0 Å². The molecule has 1 aliphatic heterocycles. The third-order valence-electron chi connectivity index (χ3n) is 3.42. The van der Waals surface area contributed by atoms with Crippen molar-refractivity contribution in [1.82, 2.24) is 4.90 Å². The van der Waals surface area contributed by atoms with Crippen LogP contribution in [0.4, 0.5) is 0 Å². The first-order valence-electron chi connectivity index (χ1n) is 5.80. The van der Waals surface area contributed by atoms with Crippen LogP contribution in [0.1, 0.15) is 24.0 Å². The molecule has 0 radical (unpaired) electrons. The molecular weight excluding hydrogens is 222 g/mol. The van der Waals surface area contributed by atoms with Crippen molar-refractivity contribution in [3.8, 4) is 0 Å². The summed E-state index contributed by atoms with van der Waals surface area (Å²) < 4.78 is 0. The minimum absolute atomic E-state index is 0.320. The topological polar surface area (TPSA) is 20.3 Å². The number of hydrogen-bond donors (Lipinski definition) is 0. The molecule has 0 N–H and O–H groups in total. The van der Waals surface area contributed by atoms with Crippen molar-refractivity contribution < 1.29 is 4.79 Å². The molecule has 0 atom stereocenters. The van der Waals surface area contributed by atoms with Gasteiger partial charge in [-0.3, -0.25) is 4.79 Å². The molecule has 0 saturated heterocycles. The largest absolute Gasteiger partial charge is 0.338 e. The average molecular weight is 236 g/mol. The average Bonchev–Trinajstić information content (AvgIpc) is 3.11. The standard InChI is InChI=1S/C13H14ClNO/c14-12-4-3-9-5-6-15(8-11(9)7-12)13(16)10-1-2-10/h3-4,7,10H,1-2,5-6,8H2. The number of rotatable bonds is 1. The van der Waals surface area contributed by atoms with Crippen LogP contribution in [0, 0.1) is 5.92 Å². The zero-order valence-corrected chi connectivity index (χ0v) is 9.83. The first-order valence-corrected chi connectivity index (χ1v) is 6.18. The molecule has 0 bridgehead atoms. The molecule has 1 aliphatic carbocycles. The number of fused-ring (bicyclic) bond motifs is 1. The van der Waals surface area contributed by atoms with Crippen molar-refractivity contribution in [2.75, 3.05) is 6.54 Å². The first kappa shape index (κ1) is 10.2. The lowest BCUT2D eigenvalue weighted by molar-refractivity contribution is -0.133. The zero-order chi connectivity index (χ0) is 11.1. The number of carbonyl (C=O) groups excluding carboxylic acids is 1. The van der Waals surface area contributed by atoms with E-state index in [4.69, 9.17) is 11.6 Å². The summed E-state index contributed by atoms with van der Waals surface area (Å²) in [6, 6.07) is 6.00. The summed E-state index contributed by atoms with van der Waals surface area (Å²) >= 11 is 5.98. The Balaban J connectivity index is 1.81. The molecule has 0 spiro atoms. The fourth-order valence-corrected chi connectivity index (χ4v) is 2.50. The Morgan fingerprint density at radius 1 is 1.31 bits per heavy atom. The van der Waals surface area contributed by atoms with Crippen molar-refractivity contribution in [3.05, 3.63) is 34.3 Å². The smallest absolute Gasteiger partial charge is 0.225 e. The van der Waals surface area contributed by atoms with E-state index in [-0.39, 0.29) is 0 Å². The molecule has 2 nitrogen and oxygen atoms in total. The van der Waals surface area contributed by atoms with E-state index in [9.17, 15) is 4.79 Å². The van der Waals surface area contributed by atoms with E-state index in [1.54, 1.807) is 0 Å². The Morgan fingerprint density at radius 3 is 2.88 bits per heavy atom. The van der Waals surface area contributed by atoms with Gasteiger partial charge in [0.25, 0.3) is 0 Å². The molecule has 0 unspecified atom stereocenters. The van der Waals surface area contributed by atoms with Crippen LogP contribution in [0.25, 0.3) is 0 Å². The fraction of sp³-hybridized carbons (Fsp3) is 0.462. The summed E-state index contributed by atoms with van der Waals surface area (Å²) in [5, 5.41) is 0.763. The van der Waals surface area contributed by atoms with E-state index < -0.39 is 0 Å². The van der Waals surface area contributed by atoms with E-state index in [1.807, 2.05) is 17.0 Å². The van der Waals surface area contributed by atoms with Gasteiger partial charge in [-0.1, -0.05) is 17.7 Å². The third kappa shape index (κ3) is 1.82. The van der Waals surface area contributed by atoms with Crippen LogP contribution in [0.3, 0.4) is 0 Å². The van der Waals surface area contributed by atoms with Crippen LogP contribution in [-0.2, 0) is 17.8 Å². The molecule has 2 aliphatic rings. The van der Waals surface area contributed by atoms with Crippen molar-refractivity contribution >= 4 is 17.5 Å². The highest BCUT2D eigenvalue weighted by atomic mass is 35.5. The van der Waals surface area contributed by atoms with Gasteiger partial charge in [0.2, 0.25) is 5.91 Å². The second-order valence-electron chi connectivity index (χ2n) is 4.70. The number of benzene rings is 1. The summed E-state index contributed by atoms with van der Waals surface area (Å²) in [7, 11) is 0. The number of halogens is 1. The van der Waals surface area contributed by atoms with Crippen molar-refractivity contribution in [3.63, 3.8) is 0 Å². The predicted molar refractivity (Wildman–Crippen MR) is 63.3 cm³/mol. The molecule has 16 heavy (non-hydrogen) atoms. The highest BCUT2D eigenvalue weighted by Gasteiger charge is 2.34. The van der Waals surface area contributed by atoms with Gasteiger partial charge in [0.05, 0.1) is 0 Å². The molecule has 3 rings (SSSR count). The van der Waals surface area contributed by atoms with Gasteiger partial charge in [0, 0.05) is 24.0 Å². The highest BCUT2D eigenvalue weighted by Crippen LogP contribution is 2.33. The van der Waals surface area contributed by atoms with Gasteiger partial charge < -0.3 is 4.90 Å². The van der Waals surface area contributed by atoms with Gasteiger partial charge in [-0.05, 0) is 42.5 Å². The molecule has 1 amide bonds. The first-order chi connectivity index (χ1) is 7.74. The lowest BCUT2D eigenvalue weighted by Crippen LogP contribution is -2.36. The van der Waals surface area contributed by atoms with Gasteiger partial charge in [-0.2, -0.15) is 0 Å². The minimum atomic E-state index is 0.320. The maximum atomic E-state index is 11.9. The molecule has 84 valence electrons. The minimum Gasteiger partial charge on any atom is -0.338 e. The van der Waals surface area contributed by atoms with Crippen molar-refractivity contribution in [1.29, 1.82) is 0 Å². The Kier molecular flexibility index (Phi) is 2.40. The van der Waals surface area contributed by atoms with E-state index in [1.165, 1.54) is 11.1 Å². The van der Waals surface area contributed by atoms with E-state index in [0.29, 0.717) is 11.8 Å². The number of nitrogens with zero attached hydrogens (tertiary/aromatic N) is 1. The van der Waals surface area contributed by atoms with Crippen LogP contribution < -0.4 is 0 Å². The van der Waals surface area contributed by atoms with E-state index >= 15 is 0 Å². The molecule has 1 saturated carbocycles. The Morgan fingerprint density at radius 2 is 2.12 bits per heavy atom. The van der Waals surface area contributed by atoms with Crippen LogP contribution in [-0.4, -0.2) is 17.4 Å². The van der Waals surface area contributed by atoms with E-state index in [2.05, 4.69) is 6.07 Å². The lowest BCUT2D eigenvalue weighted by Gasteiger charge is -2.29. The zero-order valence-electron chi connectivity index (χ0n) is 9.08. The highest BCUT2D eigenvalue weighted by molar-refractivity contribution is 6.30. The summed E-state index contributed by atoms with van der Waals surface area (Å²) in [5.74, 6) is 0.659. The molecule has 3 heteroatoms. The van der Waals surface area contributed by atoms with Crippen molar-refractivity contribution in [2.24, 2.45) is 5.92 Å². The lowest BCUT2D eigenvalue weighted by atomic mass is 9.99. The van der Waals surface area contributed by atoms with Crippen LogP contribution >= 0.6 is 11.6 Å². The Hall–Kier alpha value is -1.02. The second kappa shape index (κ2) is 3.77. The second-order valence-corrected chi connectivity index (χ2v) is 5.13. The van der Waals surface area contributed by atoms with Gasteiger partial charge in [-0.15, -0.1) is 0 Å². The predicted octanol–water partition coefficient (Wildman–Crippen LogP) is 2.63. The molecule has 1 heterocycles. The maximum absolute atomic E-state index is 11.9. The molecule has 1 aromatic rings. The van der Waals surface area contributed by atoms with Crippen LogP contribution in [0.5, 0.6) is 0 Å². The maximum Gasteiger partial charge on any atom is 0.225 e. The van der Waals surface area contributed by atoms with Crippen LogP contribution in [0.2, 0.25) is 5.02 Å². The molecule has 1 aromatic carbocycles. The van der Waals surface area contributed by atoms with E-state index in [0.717, 1.165) is 37.4 Å². The summed E-state index contributed by atoms with van der Waals surface area (Å²) in [4.78, 5) is 13.9. The molecule has 1 fully saturated rings.